The van der Waals surface area contributed by atoms with Crippen LogP contribution < -0.4 is 10.6 Å². The molecule has 0 spiro atoms. The summed E-state index contributed by atoms with van der Waals surface area (Å²) in [6.45, 7) is 5.06. The van der Waals surface area contributed by atoms with E-state index in [0.717, 1.165) is 46.3 Å². The van der Waals surface area contributed by atoms with E-state index in [9.17, 15) is 4.79 Å². The lowest BCUT2D eigenvalue weighted by atomic mass is 10.0. The van der Waals surface area contributed by atoms with Gasteiger partial charge in [-0.15, -0.1) is 0 Å². The van der Waals surface area contributed by atoms with E-state index in [2.05, 4.69) is 54.8 Å². The first-order valence-electron chi connectivity index (χ1n) is 10.8. The summed E-state index contributed by atoms with van der Waals surface area (Å²) in [6.07, 6.45) is 1.75. The molecule has 0 saturated carbocycles. The molecule has 0 radical (unpaired) electrons. The predicted molar refractivity (Wildman–Crippen MR) is 127 cm³/mol. The largest absolute Gasteiger partial charge is 0.352 e. The summed E-state index contributed by atoms with van der Waals surface area (Å²) in [5.41, 5.74) is 6.23. The molecule has 4 rings (SSSR count). The maximum atomic E-state index is 13.1. The van der Waals surface area contributed by atoms with Gasteiger partial charge in [0.05, 0.1) is 11.0 Å². The van der Waals surface area contributed by atoms with E-state index >= 15 is 0 Å². The Morgan fingerprint density at radius 3 is 2.26 bits per heavy atom. The molecule has 1 amide bonds. The van der Waals surface area contributed by atoms with Crippen LogP contribution in [-0.2, 0) is 30.7 Å². The number of carbonyl (C=O) groups excluding carboxylic acids is 1. The average Bonchev–Trinajstić information content (AvgIpc) is 3.15. The summed E-state index contributed by atoms with van der Waals surface area (Å²) in [5.74, 6) is 0.640. The third kappa shape index (κ3) is 4.61. The van der Waals surface area contributed by atoms with Gasteiger partial charge in [-0.2, -0.15) is 0 Å². The van der Waals surface area contributed by atoms with Crippen LogP contribution in [0.2, 0.25) is 0 Å². The summed E-state index contributed by atoms with van der Waals surface area (Å²) in [7, 11) is 0. The summed E-state index contributed by atoms with van der Waals surface area (Å²) in [6, 6.07) is 24.3. The van der Waals surface area contributed by atoms with Crippen molar-refractivity contribution in [3.05, 3.63) is 89.5 Å². The van der Waals surface area contributed by atoms with Crippen molar-refractivity contribution in [2.45, 2.75) is 39.8 Å². The van der Waals surface area contributed by atoms with Crippen molar-refractivity contribution in [2.24, 2.45) is 0 Å². The highest BCUT2D eigenvalue weighted by Crippen LogP contribution is 2.24. The lowest BCUT2D eigenvalue weighted by molar-refractivity contribution is -0.116. The average molecular weight is 413 g/mol. The number of hydrogen-bond acceptors (Lipinski definition) is 3. The predicted octanol–water partition coefficient (Wildman–Crippen LogP) is 5.41. The van der Waals surface area contributed by atoms with Gasteiger partial charge in [-0.25, -0.2) is 4.98 Å². The van der Waals surface area contributed by atoms with Crippen molar-refractivity contribution in [2.75, 3.05) is 10.6 Å². The number of carbonyl (C=O) groups is 1. The zero-order valence-electron chi connectivity index (χ0n) is 18.1. The van der Waals surface area contributed by atoms with Crippen molar-refractivity contribution < 1.29 is 4.79 Å². The number of nitrogens with zero attached hydrogens (tertiary/aromatic N) is 2. The van der Waals surface area contributed by atoms with Crippen molar-refractivity contribution >= 4 is 28.6 Å². The minimum Gasteiger partial charge on any atom is -0.352 e. The van der Waals surface area contributed by atoms with E-state index in [1.54, 1.807) is 0 Å². The summed E-state index contributed by atoms with van der Waals surface area (Å²) in [4.78, 5) is 17.8. The van der Waals surface area contributed by atoms with Gasteiger partial charge in [0.15, 0.2) is 0 Å². The van der Waals surface area contributed by atoms with Gasteiger partial charge in [-0.1, -0.05) is 74.5 Å². The standard InChI is InChI=1S/C26H28N4O/c1-3-20-13-10-14-21(4-2)25(20)29-24(31)18-30-23-16-9-8-15-22(23)28-26(30)27-17-19-11-6-5-7-12-19/h5-16H,3-4,17-18H2,1-2H3,(H,27,28)(H,29,31). The molecule has 0 bridgehead atoms. The lowest BCUT2D eigenvalue weighted by Gasteiger charge is -2.16. The summed E-state index contributed by atoms with van der Waals surface area (Å²) < 4.78 is 1.95. The Labute approximate surface area is 183 Å². The number of amides is 1. The Hall–Kier alpha value is -3.60. The molecule has 31 heavy (non-hydrogen) atoms. The van der Waals surface area contributed by atoms with Gasteiger partial charge in [0, 0.05) is 12.2 Å². The number of aryl methyl sites for hydroxylation is 2. The fourth-order valence-electron chi connectivity index (χ4n) is 3.87. The van der Waals surface area contributed by atoms with Crippen molar-refractivity contribution in [1.29, 1.82) is 0 Å². The van der Waals surface area contributed by atoms with Crippen molar-refractivity contribution in [1.82, 2.24) is 9.55 Å². The SMILES string of the molecule is CCc1cccc(CC)c1NC(=O)Cn1c(NCc2ccccc2)nc2ccccc21. The molecule has 0 aliphatic rings. The molecule has 0 aliphatic heterocycles. The fraction of sp³-hybridized carbons (Fsp3) is 0.231. The number of hydrogen-bond donors (Lipinski definition) is 2. The number of aromatic nitrogens is 2. The molecule has 0 unspecified atom stereocenters. The van der Waals surface area contributed by atoms with Gasteiger partial charge in [-0.3, -0.25) is 4.79 Å². The first-order chi connectivity index (χ1) is 15.2. The Balaban J connectivity index is 1.60. The zero-order valence-corrected chi connectivity index (χ0v) is 18.1. The van der Waals surface area contributed by atoms with Crippen LogP contribution in [0.25, 0.3) is 11.0 Å². The monoisotopic (exact) mass is 412 g/mol. The van der Waals surface area contributed by atoms with Crippen LogP contribution >= 0.6 is 0 Å². The Morgan fingerprint density at radius 2 is 1.55 bits per heavy atom. The van der Waals surface area contributed by atoms with Crippen LogP contribution in [0.15, 0.2) is 72.8 Å². The van der Waals surface area contributed by atoms with E-state index in [0.29, 0.717) is 12.5 Å². The highest BCUT2D eigenvalue weighted by Gasteiger charge is 2.15. The first-order valence-corrected chi connectivity index (χ1v) is 10.8. The second kappa shape index (κ2) is 9.47. The number of para-hydroxylation sites is 3. The van der Waals surface area contributed by atoms with Crippen molar-refractivity contribution in [3.63, 3.8) is 0 Å². The molecular weight excluding hydrogens is 384 g/mol. The van der Waals surface area contributed by atoms with E-state index < -0.39 is 0 Å². The molecular formula is C26H28N4O. The van der Waals surface area contributed by atoms with E-state index in [4.69, 9.17) is 4.98 Å². The Morgan fingerprint density at radius 1 is 0.871 bits per heavy atom. The number of nitrogens with one attached hydrogen (secondary N) is 2. The van der Waals surface area contributed by atoms with Gasteiger partial charge < -0.3 is 15.2 Å². The number of imidazole rings is 1. The van der Waals surface area contributed by atoms with Gasteiger partial charge >= 0.3 is 0 Å². The third-order valence-corrected chi connectivity index (χ3v) is 5.51. The smallest absolute Gasteiger partial charge is 0.244 e. The van der Waals surface area contributed by atoms with Crippen LogP contribution in [-0.4, -0.2) is 15.5 Å². The molecule has 2 N–H and O–H groups in total. The van der Waals surface area contributed by atoms with E-state index in [-0.39, 0.29) is 12.5 Å². The molecule has 4 aromatic rings. The van der Waals surface area contributed by atoms with Crippen LogP contribution in [0.5, 0.6) is 0 Å². The minimum atomic E-state index is -0.0542. The number of rotatable bonds is 8. The number of fused-ring (bicyclic) bond motifs is 1. The van der Waals surface area contributed by atoms with Crippen LogP contribution in [0, 0.1) is 0 Å². The molecule has 0 fully saturated rings. The third-order valence-electron chi connectivity index (χ3n) is 5.51. The normalized spacial score (nSPS) is 10.9. The number of benzene rings is 3. The van der Waals surface area contributed by atoms with Crippen LogP contribution in [0.1, 0.15) is 30.5 Å². The Kier molecular flexibility index (Phi) is 6.32. The van der Waals surface area contributed by atoms with E-state index in [1.807, 2.05) is 47.0 Å². The molecule has 5 heteroatoms. The second-order valence-electron chi connectivity index (χ2n) is 7.56. The molecule has 1 aromatic heterocycles. The quantitative estimate of drug-likeness (QED) is 0.407. The first kappa shape index (κ1) is 20.7. The minimum absolute atomic E-state index is 0.0542. The lowest BCUT2D eigenvalue weighted by Crippen LogP contribution is -2.21. The maximum Gasteiger partial charge on any atom is 0.244 e. The van der Waals surface area contributed by atoms with Crippen LogP contribution in [0.3, 0.4) is 0 Å². The molecule has 158 valence electrons. The van der Waals surface area contributed by atoms with Gasteiger partial charge in [0.2, 0.25) is 11.9 Å². The summed E-state index contributed by atoms with van der Waals surface area (Å²) >= 11 is 0. The molecule has 0 atom stereocenters. The van der Waals surface area contributed by atoms with E-state index in [1.165, 1.54) is 0 Å². The molecule has 3 aromatic carbocycles. The van der Waals surface area contributed by atoms with Crippen LogP contribution in [0.4, 0.5) is 11.6 Å². The van der Waals surface area contributed by atoms with Gasteiger partial charge in [0.1, 0.15) is 6.54 Å². The van der Waals surface area contributed by atoms with Gasteiger partial charge in [0.25, 0.3) is 0 Å². The molecule has 0 saturated heterocycles. The fourth-order valence-corrected chi connectivity index (χ4v) is 3.87. The molecule has 1 heterocycles. The molecule has 0 aliphatic carbocycles. The van der Waals surface area contributed by atoms with Gasteiger partial charge in [-0.05, 0) is 41.7 Å². The highest BCUT2D eigenvalue weighted by molar-refractivity contribution is 5.93. The maximum absolute atomic E-state index is 13.1. The van der Waals surface area contributed by atoms with Crippen molar-refractivity contribution in [3.8, 4) is 0 Å². The second-order valence-corrected chi connectivity index (χ2v) is 7.56. The molecule has 5 nitrogen and oxygen atoms in total. The zero-order chi connectivity index (χ0) is 21.6. The number of anilines is 2. The highest BCUT2D eigenvalue weighted by atomic mass is 16.2. The summed E-state index contributed by atoms with van der Waals surface area (Å²) in [5, 5.41) is 6.57. The Bertz CT molecular complexity index is 1160. The topological polar surface area (TPSA) is 59.0 Å².